The molecule has 1 fully saturated rings. The first-order chi connectivity index (χ1) is 8.29. The molecule has 0 saturated heterocycles. The molecule has 1 saturated carbocycles. The molecule has 2 rings (SSSR count). The standard InChI is InChI=1S/C15H22ClN/c16-15-9-7-14(8-10-15)13-5-3-12(4-6-13)2-1-11-17/h7-10,12-13H,1-6,11,17H2. The van der Waals surface area contributed by atoms with E-state index < -0.39 is 0 Å². The Morgan fingerprint density at radius 2 is 1.71 bits per heavy atom. The van der Waals surface area contributed by atoms with E-state index in [9.17, 15) is 0 Å². The molecule has 0 amide bonds. The Bertz CT molecular complexity index is 325. The number of hydrogen-bond donors (Lipinski definition) is 1. The van der Waals surface area contributed by atoms with E-state index in [0.29, 0.717) is 0 Å². The van der Waals surface area contributed by atoms with Gasteiger partial charge in [-0.1, -0.05) is 23.7 Å². The normalized spacial score (nSPS) is 24.8. The van der Waals surface area contributed by atoms with Crippen LogP contribution in [0.25, 0.3) is 0 Å². The van der Waals surface area contributed by atoms with Gasteiger partial charge in [-0.2, -0.15) is 0 Å². The summed E-state index contributed by atoms with van der Waals surface area (Å²) >= 11 is 5.92. The Balaban J connectivity index is 1.84. The van der Waals surface area contributed by atoms with Crippen molar-refractivity contribution in [1.29, 1.82) is 0 Å². The van der Waals surface area contributed by atoms with Crippen LogP contribution in [0.15, 0.2) is 24.3 Å². The molecule has 0 unspecified atom stereocenters. The van der Waals surface area contributed by atoms with Gasteiger partial charge in [0.2, 0.25) is 0 Å². The molecule has 94 valence electrons. The van der Waals surface area contributed by atoms with Gasteiger partial charge in [0.25, 0.3) is 0 Å². The zero-order valence-electron chi connectivity index (χ0n) is 10.4. The quantitative estimate of drug-likeness (QED) is 0.846. The third-order valence-electron chi connectivity index (χ3n) is 4.00. The molecule has 1 nitrogen and oxygen atoms in total. The van der Waals surface area contributed by atoms with Crippen molar-refractivity contribution in [1.82, 2.24) is 0 Å². The predicted octanol–water partition coefficient (Wildman–Crippen LogP) is 4.35. The van der Waals surface area contributed by atoms with Crippen molar-refractivity contribution in [2.45, 2.75) is 44.4 Å². The van der Waals surface area contributed by atoms with Crippen LogP contribution in [0.5, 0.6) is 0 Å². The number of hydrogen-bond acceptors (Lipinski definition) is 1. The molecule has 0 heterocycles. The molecule has 0 aromatic heterocycles. The van der Waals surface area contributed by atoms with Gasteiger partial charge in [-0.25, -0.2) is 0 Å². The van der Waals surface area contributed by atoms with Crippen LogP contribution in [0.1, 0.15) is 50.0 Å². The van der Waals surface area contributed by atoms with E-state index in [4.69, 9.17) is 17.3 Å². The monoisotopic (exact) mass is 251 g/mol. The minimum atomic E-state index is 0.751. The Morgan fingerprint density at radius 1 is 1.06 bits per heavy atom. The number of benzene rings is 1. The molecule has 0 spiro atoms. The van der Waals surface area contributed by atoms with E-state index in [1.807, 2.05) is 12.1 Å². The largest absolute Gasteiger partial charge is 0.330 e. The second-order valence-corrected chi connectivity index (χ2v) is 5.64. The number of rotatable bonds is 4. The zero-order valence-corrected chi connectivity index (χ0v) is 11.1. The van der Waals surface area contributed by atoms with Gasteiger partial charge in [-0.05, 0) is 74.6 Å². The van der Waals surface area contributed by atoms with Crippen LogP contribution in [0.4, 0.5) is 0 Å². The minimum absolute atomic E-state index is 0.751. The summed E-state index contributed by atoms with van der Waals surface area (Å²) in [4.78, 5) is 0. The zero-order chi connectivity index (χ0) is 12.1. The smallest absolute Gasteiger partial charge is 0.0406 e. The summed E-state index contributed by atoms with van der Waals surface area (Å²) in [6, 6.07) is 8.40. The molecule has 1 aromatic rings. The van der Waals surface area contributed by atoms with Gasteiger partial charge in [0.05, 0.1) is 0 Å². The van der Waals surface area contributed by atoms with E-state index in [1.54, 1.807) is 0 Å². The van der Waals surface area contributed by atoms with Gasteiger partial charge in [-0.15, -0.1) is 0 Å². The highest BCUT2D eigenvalue weighted by Gasteiger charge is 2.21. The van der Waals surface area contributed by atoms with E-state index in [-0.39, 0.29) is 0 Å². The predicted molar refractivity (Wildman–Crippen MR) is 74.4 cm³/mol. The average Bonchev–Trinajstić information content (AvgIpc) is 2.38. The van der Waals surface area contributed by atoms with Gasteiger partial charge >= 0.3 is 0 Å². The molecule has 17 heavy (non-hydrogen) atoms. The summed E-state index contributed by atoms with van der Waals surface area (Å²) in [6.45, 7) is 0.844. The van der Waals surface area contributed by atoms with Gasteiger partial charge < -0.3 is 5.73 Å². The Kier molecular flexibility index (Phi) is 4.87. The van der Waals surface area contributed by atoms with Crippen LogP contribution < -0.4 is 5.73 Å². The first kappa shape index (κ1) is 12.9. The van der Waals surface area contributed by atoms with Crippen molar-refractivity contribution in [2.75, 3.05) is 6.54 Å². The van der Waals surface area contributed by atoms with Crippen molar-refractivity contribution < 1.29 is 0 Å². The lowest BCUT2D eigenvalue weighted by molar-refractivity contribution is 0.306. The molecular formula is C15H22ClN. The summed E-state index contributed by atoms with van der Waals surface area (Å²) in [5.41, 5.74) is 7.03. The van der Waals surface area contributed by atoms with E-state index in [0.717, 1.165) is 23.4 Å². The van der Waals surface area contributed by atoms with E-state index in [1.165, 1.54) is 44.1 Å². The lowest BCUT2D eigenvalue weighted by Crippen LogP contribution is -2.14. The SMILES string of the molecule is NCCCC1CCC(c2ccc(Cl)cc2)CC1. The maximum atomic E-state index is 5.92. The van der Waals surface area contributed by atoms with Crippen LogP contribution in [0, 0.1) is 5.92 Å². The third kappa shape index (κ3) is 3.72. The molecule has 0 bridgehead atoms. The summed E-state index contributed by atoms with van der Waals surface area (Å²) in [5, 5.41) is 0.838. The molecule has 1 aliphatic rings. The summed E-state index contributed by atoms with van der Waals surface area (Å²) in [6.07, 6.45) is 7.91. The molecule has 2 heteroatoms. The second kappa shape index (κ2) is 6.42. The van der Waals surface area contributed by atoms with Crippen LogP contribution in [-0.4, -0.2) is 6.54 Å². The van der Waals surface area contributed by atoms with Gasteiger partial charge in [-0.3, -0.25) is 0 Å². The fraction of sp³-hybridized carbons (Fsp3) is 0.600. The lowest BCUT2D eigenvalue weighted by atomic mass is 9.77. The molecule has 1 aliphatic carbocycles. The average molecular weight is 252 g/mol. The fourth-order valence-electron chi connectivity index (χ4n) is 2.93. The van der Waals surface area contributed by atoms with Crippen LogP contribution in [0.2, 0.25) is 5.02 Å². The molecule has 0 aliphatic heterocycles. The van der Waals surface area contributed by atoms with Crippen molar-refractivity contribution in [3.63, 3.8) is 0 Å². The maximum Gasteiger partial charge on any atom is 0.0406 e. The van der Waals surface area contributed by atoms with Crippen molar-refractivity contribution in [2.24, 2.45) is 11.7 Å². The van der Waals surface area contributed by atoms with Crippen molar-refractivity contribution in [3.8, 4) is 0 Å². The Labute approximate surface area is 109 Å². The highest BCUT2D eigenvalue weighted by molar-refractivity contribution is 6.30. The molecular weight excluding hydrogens is 230 g/mol. The van der Waals surface area contributed by atoms with E-state index in [2.05, 4.69) is 12.1 Å². The summed E-state index contributed by atoms with van der Waals surface area (Å²) < 4.78 is 0. The highest BCUT2D eigenvalue weighted by atomic mass is 35.5. The summed E-state index contributed by atoms with van der Waals surface area (Å²) in [5.74, 6) is 1.67. The molecule has 0 atom stereocenters. The Hall–Kier alpha value is -0.530. The molecule has 0 radical (unpaired) electrons. The van der Waals surface area contributed by atoms with Crippen molar-refractivity contribution >= 4 is 11.6 Å². The molecule has 1 aromatic carbocycles. The Morgan fingerprint density at radius 3 is 2.29 bits per heavy atom. The fourth-order valence-corrected chi connectivity index (χ4v) is 3.05. The second-order valence-electron chi connectivity index (χ2n) is 5.20. The van der Waals surface area contributed by atoms with Crippen LogP contribution in [-0.2, 0) is 0 Å². The number of nitrogens with two attached hydrogens (primary N) is 1. The molecule has 2 N–H and O–H groups in total. The minimum Gasteiger partial charge on any atom is -0.330 e. The summed E-state index contributed by atoms with van der Waals surface area (Å²) in [7, 11) is 0. The van der Waals surface area contributed by atoms with Crippen LogP contribution >= 0.6 is 11.6 Å². The number of halogens is 1. The highest BCUT2D eigenvalue weighted by Crippen LogP contribution is 2.37. The van der Waals surface area contributed by atoms with Gasteiger partial charge in [0.1, 0.15) is 0 Å². The first-order valence-electron chi connectivity index (χ1n) is 6.75. The lowest BCUT2D eigenvalue weighted by Gasteiger charge is -2.28. The third-order valence-corrected chi connectivity index (χ3v) is 4.26. The van der Waals surface area contributed by atoms with Gasteiger partial charge in [0, 0.05) is 5.02 Å². The first-order valence-corrected chi connectivity index (χ1v) is 7.13. The van der Waals surface area contributed by atoms with Gasteiger partial charge in [0.15, 0.2) is 0 Å². The van der Waals surface area contributed by atoms with Crippen molar-refractivity contribution in [3.05, 3.63) is 34.9 Å². The van der Waals surface area contributed by atoms with E-state index >= 15 is 0 Å². The topological polar surface area (TPSA) is 26.0 Å². The van der Waals surface area contributed by atoms with Crippen LogP contribution in [0.3, 0.4) is 0 Å². The maximum absolute atomic E-state index is 5.92.